The highest BCUT2D eigenvalue weighted by atomic mass is 16.5. The van der Waals surface area contributed by atoms with Gasteiger partial charge < -0.3 is 24.8 Å². The van der Waals surface area contributed by atoms with Crippen molar-refractivity contribution in [3.8, 4) is 11.5 Å². The van der Waals surface area contributed by atoms with Crippen LogP contribution in [0, 0.1) is 0 Å². The number of benzene rings is 1. The number of carbonyl (C=O) groups excluding carboxylic acids is 1. The molecule has 0 bridgehead atoms. The van der Waals surface area contributed by atoms with Crippen molar-refractivity contribution in [1.29, 1.82) is 0 Å². The van der Waals surface area contributed by atoms with Crippen LogP contribution < -0.4 is 14.8 Å². The molecular weight excluding hydrogens is 300 g/mol. The van der Waals surface area contributed by atoms with E-state index in [-0.39, 0.29) is 25.0 Å². The summed E-state index contributed by atoms with van der Waals surface area (Å²) < 4.78 is 10.6. The molecule has 126 valence electrons. The molecule has 7 nitrogen and oxygen atoms in total. The van der Waals surface area contributed by atoms with Crippen LogP contribution in [0.5, 0.6) is 11.5 Å². The average molecular weight is 322 g/mol. The summed E-state index contributed by atoms with van der Waals surface area (Å²) in [5.74, 6) is 0.445. The van der Waals surface area contributed by atoms with Crippen LogP contribution in [0.1, 0.15) is 30.9 Å². The molecule has 0 radical (unpaired) electrons. The molecule has 1 saturated heterocycles. The highest BCUT2D eigenvalue weighted by molar-refractivity contribution is 5.76. The quantitative estimate of drug-likeness (QED) is 0.836. The Morgan fingerprint density at radius 2 is 2.13 bits per heavy atom. The zero-order chi connectivity index (χ0) is 16.8. The van der Waals surface area contributed by atoms with Gasteiger partial charge in [0.05, 0.1) is 26.7 Å². The Morgan fingerprint density at radius 1 is 1.35 bits per heavy atom. The van der Waals surface area contributed by atoms with Crippen LogP contribution in [0.4, 0.5) is 4.79 Å². The summed E-state index contributed by atoms with van der Waals surface area (Å²) in [6.07, 6.45) is 1.65. The molecule has 1 aliphatic rings. The Bertz CT molecular complexity index is 576. The van der Waals surface area contributed by atoms with Crippen LogP contribution >= 0.6 is 0 Å². The summed E-state index contributed by atoms with van der Waals surface area (Å²) in [7, 11) is 3.18. The minimum absolute atomic E-state index is 0.0827. The van der Waals surface area contributed by atoms with Gasteiger partial charge in [-0.25, -0.2) is 4.79 Å². The van der Waals surface area contributed by atoms with Gasteiger partial charge in [0.25, 0.3) is 0 Å². The van der Waals surface area contributed by atoms with E-state index in [4.69, 9.17) is 14.6 Å². The molecule has 1 aliphatic heterocycles. The highest BCUT2D eigenvalue weighted by Gasteiger charge is 2.31. The van der Waals surface area contributed by atoms with Gasteiger partial charge in [-0.05, 0) is 25.0 Å². The number of aliphatic carboxylic acids is 1. The van der Waals surface area contributed by atoms with Crippen molar-refractivity contribution in [2.45, 2.75) is 25.3 Å². The Kier molecular flexibility index (Phi) is 5.67. The van der Waals surface area contributed by atoms with Gasteiger partial charge >= 0.3 is 12.0 Å². The van der Waals surface area contributed by atoms with Gasteiger partial charge in [0.15, 0.2) is 0 Å². The van der Waals surface area contributed by atoms with E-state index in [0.717, 1.165) is 18.4 Å². The van der Waals surface area contributed by atoms with Gasteiger partial charge in [0.1, 0.15) is 11.5 Å². The number of carboxylic acids is 1. The molecule has 23 heavy (non-hydrogen) atoms. The first-order valence-corrected chi connectivity index (χ1v) is 7.55. The SMILES string of the molecule is COc1ccc(C2CCCN2C(=O)NCCC(=O)O)c(OC)c1. The van der Waals surface area contributed by atoms with Crippen LogP contribution in [0.25, 0.3) is 0 Å². The number of ether oxygens (including phenoxy) is 2. The van der Waals surface area contributed by atoms with Crippen molar-refractivity contribution < 1.29 is 24.2 Å². The molecule has 0 aromatic heterocycles. The van der Waals surface area contributed by atoms with Gasteiger partial charge in [-0.1, -0.05) is 0 Å². The minimum Gasteiger partial charge on any atom is -0.497 e. The molecule has 1 aromatic rings. The standard InChI is InChI=1S/C16H22N2O5/c1-22-11-5-6-12(14(10-11)23-2)13-4-3-9-18(13)16(21)17-8-7-15(19)20/h5-6,10,13H,3-4,7-9H2,1-2H3,(H,17,21)(H,19,20). The van der Waals surface area contributed by atoms with E-state index in [0.29, 0.717) is 18.0 Å². The van der Waals surface area contributed by atoms with Crippen molar-refractivity contribution in [2.75, 3.05) is 27.3 Å². The van der Waals surface area contributed by atoms with Crippen molar-refractivity contribution >= 4 is 12.0 Å². The molecule has 1 heterocycles. The second-order valence-electron chi connectivity index (χ2n) is 5.33. The van der Waals surface area contributed by atoms with Gasteiger partial charge in [0.2, 0.25) is 0 Å². The number of nitrogens with one attached hydrogen (secondary N) is 1. The smallest absolute Gasteiger partial charge is 0.317 e. The summed E-state index contributed by atoms with van der Waals surface area (Å²) >= 11 is 0. The number of hydrogen-bond acceptors (Lipinski definition) is 4. The van der Waals surface area contributed by atoms with Crippen molar-refractivity contribution in [2.24, 2.45) is 0 Å². The third kappa shape index (κ3) is 4.06. The number of amides is 2. The minimum atomic E-state index is -0.930. The number of nitrogens with zero attached hydrogens (tertiary/aromatic N) is 1. The highest BCUT2D eigenvalue weighted by Crippen LogP contribution is 2.38. The van der Waals surface area contributed by atoms with Gasteiger partial charge in [0, 0.05) is 24.7 Å². The summed E-state index contributed by atoms with van der Waals surface area (Å²) in [5, 5.41) is 11.3. The van der Waals surface area contributed by atoms with E-state index in [2.05, 4.69) is 5.32 Å². The summed E-state index contributed by atoms with van der Waals surface area (Å²) in [6.45, 7) is 0.760. The van der Waals surface area contributed by atoms with Gasteiger partial charge in [-0.2, -0.15) is 0 Å². The third-order valence-corrected chi connectivity index (χ3v) is 3.93. The van der Waals surface area contributed by atoms with Crippen molar-refractivity contribution in [3.63, 3.8) is 0 Å². The molecular formula is C16H22N2O5. The maximum absolute atomic E-state index is 12.3. The summed E-state index contributed by atoms with van der Waals surface area (Å²) in [6, 6.07) is 5.23. The summed E-state index contributed by atoms with van der Waals surface area (Å²) in [5.41, 5.74) is 0.930. The molecule has 2 N–H and O–H groups in total. The Labute approximate surface area is 135 Å². The van der Waals surface area contributed by atoms with Crippen LogP contribution in [-0.2, 0) is 4.79 Å². The second-order valence-corrected chi connectivity index (χ2v) is 5.33. The molecule has 7 heteroatoms. The monoisotopic (exact) mass is 322 g/mol. The summed E-state index contributed by atoms with van der Waals surface area (Å²) in [4.78, 5) is 24.6. The Balaban J connectivity index is 2.12. The number of urea groups is 1. The lowest BCUT2D eigenvalue weighted by Gasteiger charge is -2.26. The fourth-order valence-corrected chi connectivity index (χ4v) is 2.80. The van der Waals surface area contributed by atoms with Crippen LogP contribution in [-0.4, -0.2) is 49.3 Å². The fourth-order valence-electron chi connectivity index (χ4n) is 2.80. The van der Waals surface area contributed by atoms with Gasteiger partial charge in [-0.15, -0.1) is 0 Å². The van der Waals surface area contributed by atoms with E-state index in [9.17, 15) is 9.59 Å². The van der Waals surface area contributed by atoms with Crippen LogP contribution in [0.2, 0.25) is 0 Å². The molecule has 1 aromatic carbocycles. The average Bonchev–Trinajstić information content (AvgIpc) is 3.03. The van der Waals surface area contributed by atoms with E-state index in [1.54, 1.807) is 25.2 Å². The Morgan fingerprint density at radius 3 is 2.78 bits per heavy atom. The lowest BCUT2D eigenvalue weighted by atomic mass is 10.0. The molecule has 0 saturated carbocycles. The maximum atomic E-state index is 12.3. The van der Waals surface area contributed by atoms with E-state index in [1.807, 2.05) is 12.1 Å². The number of carbonyl (C=O) groups is 2. The zero-order valence-electron chi connectivity index (χ0n) is 13.4. The number of hydrogen-bond donors (Lipinski definition) is 2. The first kappa shape index (κ1) is 16.9. The van der Waals surface area contributed by atoms with E-state index < -0.39 is 5.97 Å². The number of rotatable bonds is 6. The van der Waals surface area contributed by atoms with Gasteiger partial charge in [-0.3, -0.25) is 4.79 Å². The third-order valence-electron chi connectivity index (χ3n) is 3.93. The lowest BCUT2D eigenvalue weighted by molar-refractivity contribution is -0.136. The first-order valence-electron chi connectivity index (χ1n) is 7.55. The second kappa shape index (κ2) is 7.71. The van der Waals surface area contributed by atoms with Crippen LogP contribution in [0.3, 0.4) is 0 Å². The topological polar surface area (TPSA) is 88.1 Å². The molecule has 0 aliphatic carbocycles. The lowest BCUT2D eigenvalue weighted by Crippen LogP contribution is -2.40. The molecule has 1 fully saturated rings. The Hall–Kier alpha value is -2.44. The molecule has 1 unspecified atom stereocenters. The number of methoxy groups -OCH3 is 2. The predicted molar refractivity (Wildman–Crippen MR) is 83.9 cm³/mol. The van der Waals surface area contributed by atoms with Crippen LogP contribution in [0.15, 0.2) is 18.2 Å². The predicted octanol–water partition coefficient (Wildman–Crippen LogP) is 2.03. The van der Waals surface area contributed by atoms with Crippen molar-refractivity contribution in [3.05, 3.63) is 23.8 Å². The first-order chi connectivity index (χ1) is 11.1. The molecule has 2 rings (SSSR count). The number of likely N-dealkylation sites (tertiary alicyclic amines) is 1. The molecule has 0 spiro atoms. The van der Waals surface area contributed by atoms with E-state index in [1.165, 1.54) is 0 Å². The molecule has 2 amide bonds. The zero-order valence-corrected chi connectivity index (χ0v) is 13.4. The molecule has 1 atom stereocenters. The normalized spacial score (nSPS) is 17.0. The van der Waals surface area contributed by atoms with E-state index >= 15 is 0 Å². The maximum Gasteiger partial charge on any atom is 0.317 e. The number of carboxylic acid groups (broad SMARTS) is 1. The van der Waals surface area contributed by atoms with Crippen molar-refractivity contribution in [1.82, 2.24) is 10.2 Å². The fraction of sp³-hybridized carbons (Fsp3) is 0.500. The largest absolute Gasteiger partial charge is 0.497 e.